The molecule has 0 unspecified atom stereocenters. The van der Waals surface area contributed by atoms with E-state index in [1.807, 2.05) is 0 Å². The average molecular weight is 254 g/mol. The maximum Gasteiger partial charge on any atom is 0.234 e. The van der Waals surface area contributed by atoms with E-state index in [-0.39, 0.29) is 18.1 Å². The van der Waals surface area contributed by atoms with Crippen molar-refractivity contribution in [3.8, 4) is 5.75 Å². The van der Waals surface area contributed by atoms with Crippen molar-refractivity contribution >= 4 is 29.0 Å². The van der Waals surface area contributed by atoms with E-state index in [1.54, 1.807) is 23.1 Å². The number of amides is 1. The van der Waals surface area contributed by atoms with Gasteiger partial charge in [-0.25, -0.2) is 0 Å². The number of hydrogen-bond donors (Lipinski definition) is 0. The molecule has 0 atom stereocenters. The van der Waals surface area contributed by atoms with Crippen LogP contribution in [0.1, 0.15) is 12.8 Å². The maximum atomic E-state index is 11.7. The SMILES string of the molecule is COc1cc(N2CCC(=O)CC2=O)ccc1Cl. The number of piperidine rings is 1. The van der Waals surface area contributed by atoms with E-state index in [4.69, 9.17) is 16.3 Å². The van der Waals surface area contributed by atoms with Crippen LogP contribution in [0, 0.1) is 0 Å². The molecule has 1 amide bonds. The van der Waals surface area contributed by atoms with Gasteiger partial charge in [0.25, 0.3) is 0 Å². The summed E-state index contributed by atoms with van der Waals surface area (Å²) in [5.41, 5.74) is 0.712. The molecule has 0 bridgehead atoms. The predicted octanol–water partition coefficient (Wildman–Crippen LogP) is 2.04. The molecular weight excluding hydrogens is 242 g/mol. The lowest BCUT2D eigenvalue weighted by Crippen LogP contribution is -2.39. The molecule has 0 spiro atoms. The summed E-state index contributed by atoms with van der Waals surface area (Å²) in [6, 6.07) is 5.13. The molecule has 1 fully saturated rings. The molecule has 0 aromatic heterocycles. The van der Waals surface area contributed by atoms with Crippen molar-refractivity contribution in [1.29, 1.82) is 0 Å². The Morgan fingerprint density at radius 1 is 1.35 bits per heavy atom. The Morgan fingerprint density at radius 3 is 2.76 bits per heavy atom. The van der Waals surface area contributed by atoms with Gasteiger partial charge in [-0.15, -0.1) is 0 Å². The molecule has 1 aliphatic heterocycles. The molecule has 90 valence electrons. The summed E-state index contributed by atoms with van der Waals surface area (Å²) >= 11 is 5.91. The minimum absolute atomic E-state index is 0.00724. The Balaban J connectivity index is 2.28. The second-order valence-electron chi connectivity index (χ2n) is 3.83. The van der Waals surface area contributed by atoms with E-state index in [0.717, 1.165) is 0 Å². The first-order valence-corrected chi connectivity index (χ1v) is 5.65. The van der Waals surface area contributed by atoms with Gasteiger partial charge in [0.1, 0.15) is 11.5 Å². The molecule has 1 aromatic carbocycles. The summed E-state index contributed by atoms with van der Waals surface area (Å²) < 4.78 is 5.10. The van der Waals surface area contributed by atoms with Crippen LogP contribution < -0.4 is 9.64 Å². The predicted molar refractivity (Wildman–Crippen MR) is 64.6 cm³/mol. The second kappa shape index (κ2) is 4.75. The van der Waals surface area contributed by atoms with E-state index in [2.05, 4.69) is 0 Å². The number of halogens is 1. The fourth-order valence-corrected chi connectivity index (χ4v) is 2.00. The summed E-state index contributed by atoms with van der Waals surface area (Å²) in [4.78, 5) is 24.4. The summed E-state index contributed by atoms with van der Waals surface area (Å²) in [7, 11) is 1.52. The van der Waals surface area contributed by atoms with Crippen LogP contribution in [-0.4, -0.2) is 25.3 Å². The Kier molecular flexibility index (Phi) is 3.33. The topological polar surface area (TPSA) is 46.6 Å². The highest BCUT2D eigenvalue weighted by atomic mass is 35.5. The quantitative estimate of drug-likeness (QED) is 0.758. The number of ether oxygens (including phenoxy) is 1. The summed E-state index contributed by atoms with van der Waals surface area (Å²) in [5, 5.41) is 0.497. The number of nitrogens with zero attached hydrogens (tertiary/aromatic N) is 1. The van der Waals surface area contributed by atoms with E-state index in [9.17, 15) is 9.59 Å². The van der Waals surface area contributed by atoms with Gasteiger partial charge in [0.15, 0.2) is 0 Å². The van der Waals surface area contributed by atoms with Crippen molar-refractivity contribution in [2.45, 2.75) is 12.8 Å². The summed E-state index contributed by atoms with van der Waals surface area (Å²) in [6.45, 7) is 0.419. The third-order valence-electron chi connectivity index (χ3n) is 2.71. The summed E-state index contributed by atoms with van der Waals surface area (Å²) in [5.74, 6) is 0.340. The third kappa shape index (κ3) is 2.42. The van der Waals surface area contributed by atoms with Gasteiger partial charge < -0.3 is 9.64 Å². The Labute approximate surface area is 104 Å². The lowest BCUT2D eigenvalue weighted by Gasteiger charge is -2.26. The second-order valence-corrected chi connectivity index (χ2v) is 4.24. The fraction of sp³-hybridized carbons (Fsp3) is 0.333. The maximum absolute atomic E-state index is 11.7. The molecule has 0 saturated carbocycles. The highest BCUT2D eigenvalue weighted by Gasteiger charge is 2.25. The fourth-order valence-electron chi connectivity index (χ4n) is 1.80. The largest absolute Gasteiger partial charge is 0.495 e. The first kappa shape index (κ1) is 11.9. The van der Waals surface area contributed by atoms with Crippen LogP contribution in [0.25, 0.3) is 0 Å². The first-order chi connectivity index (χ1) is 8.11. The van der Waals surface area contributed by atoms with E-state index >= 15 is 0 Å². The molecular formula is C12H12ClNO3. The van der Waals surface area contributed by atoms with Crippen LogP contribution in [-0.2, 0) is 9.59 Å². The molecule has 17 heavy (non-hydrogen) atoms. The van der Waals surface area contributed by atoms with Crippen LogP contribution in [0.3, 0.4) is 0 Å². The van der Waals surface area contributed by atoms with Gasteiger partial charge in [-0.1, -0.05) is 11.6 Å². The van der Waals surface area contributed by atoms with Gasteiger partial charge in [0, 0.05) is 24.7 Å². The smallest absolute Gasteiger partial charge is 0.234 e. The normalized spacial score (nSPS) is 16.2. The van der Waals surface area contributed by atoms with Crippen molar-refractivity contribution in [1.82, 2.24) is 0 Å². The van der Waals surface area contributed by atoms with Gasteiger partial charge in [0.05, 0.1) is 18.6 Å². The van der Waals surface area contributed by atoms with Crippen molar-refractivity contribution in [3.63, 3.8) is 0 Å². The first-order valence-electron chi connectivity index (χ1n) is 5.27. The highest BCUT2D eigenvalue weighted by molar-refractivity contribution is 6.32. The van der Waals surface area contributed by atoms with Crippen LogP contribution in [0.4, 0.5) is 5.69 Å². The number of methoxy groups -OCH3 is 1. The average Bonchev–Trinajstić information content (AvgIpc) is 2.30. The number of anilines is 1. The molecule has 5 heteroatoms. The minimum atomic E-state index is -0.175. The standard InChI is InChI=1S/C12H12ClNO3/c1-17-11-6-8(2-3-10(11)13)14-5-4-9(15)7-12(14)16/h2-3,6H,4-5,7H2,1H3. The number of benzene rings is 1. The zero-order chi connectivity index (χ0) is 12.4. The van der Waals surface area contributed by atoms with Crippen LogP contribution in [0.15, 0.2) is 18.2 Å². The molecule has 1 saturated heterocycles. The van der Waals surface area contributed by atoms with E-state index in [1.165, 1.54) is 7.11 Å². The minimum Gasteiger partial charge on any atom is -0.495 e. The number of Topliss-reactive ketones (excluding diaryl/α,β-unsaturated/α-hetero) is 1. The van der Waals surface area contributed by atoms with Crippen LogP contribution >= 0.6 is 11.6 Å². The van der Waals surface area contributed by atoms with E-state index < -0.39 is 0 Å². The molecule has 2 rings (SSSR count). The Morgan fingerprint density at radius 2 is 2.12 bits per heavy atom. The zero-order valence-electron chi connectivity index (χ0n) is 9.40. The summed E-state index contributed by atoms with van der Waals surface area (Å²) in [6.07, 6.45) is 0.377. The highest BCUT2D eigenvalue weighted by Crippen LogP contribution is 2.30. The molecule has 1 aromatic rings. The number of carbonyl (C=O) groups is 2. The number of carbonyl (C=O) groups excluding carboxylic acids is 2. The van der Waals surface area contributed by atoms with Crippen LogP contribution in [0.2, 0.25) is 5.02 Å². The molecule has 0 N–H and O–H groups in total. The van der Waals surface area contributed by atoms with Crippen molar-refractivity contribution < 1.29 is 14.3 Å². The van der Waals surface area contributed by atoms with Gasteiger partial charge >= 0.3 is 0 Å². The molecule has 0 aliphatic carbocycles. The number of rotatable bonds is 2. The lowest BCUT2D eigenvalue weighted by molar-refractivity contribution is -0.128. The van der Waals surface area contributed by atoms with Gasteiger partial charge in [-0.2, -0.15) is 0 Å². The molecule has 1 heterocycles. The van der Waals surface area contributed by atoms with Crippen molar-refractivity contribution in [2.75, 3.05) is 18.6 Å². The molecule has 0 radical (unpaired) electrons. The van der Waals surface area contributed by atoms with Crippen LogP contribution in [0.5, 0.6) is 5.75 Å². The number of hydrogen-bond acceptors (Lipinski definition) is 3. The van der Waals surface area contributed by atoms with Crippen molar-refractivity contribution in [2.24, 2.45) is 0 Å². The number of ketones is 1. The van der Waals surface area contributed by atoms with Gasteiger partial charge in [-0.05, 0) is 12.1 Å². The van der Waals surface area contributed by atoms with E-state index in [0.29, 0.717) is 29.4 Å². The van der Waals surface area contributed by atoms with Crippen molar-refractivity contribution in [3.05, 3.63) is 23.2 Å². The molecule has 4 nitrogen and oxygen atoms in total. The zero-order valence-corrected chi connectivity index (χ0v) is 10.2. The van der Waals surface area contributed by atoms with Gasteiger partial charge in [-0.3, -0.25) is 9.59 Å². The molecule has 1 aliphatic rings. The van der Waals surface area contributed by atoms with Gasteiger partial charge in [0.2, 0.25) is 5.91 Å². The monoisotopic (exact) mass is 253 g/mol. The Bertz CT molecular complexity index is 473. The lowest BCUT2D eigenvalue weighted by atomic mass is 10.1. The Hall–Kier alpha value is -1.55. The third-order valence-corrected chi connectivity index (χ3v) is 3.02.